The molecule has 4 heteroatoms. The van der Waals surface area contributed by atoms with Crippen LogP contribution >= 0.6 is 38.9 Å². The molecule has 0 amide bonds. The number of rotatable bonds is 2. The molecule has 0 saturated heterocycles. The maximum Gasteiger partial charge on any atom is 0.169 e. The highest BCUT2D eigenvalue weighted by atomic mass is 79.9. The summed E-state index contributed by atoms with van der Waals surface area (Å²) < 4.78 is 0.865. The standard InChI is InChI=1S/C12H8BrClOS/c1-7(15)11-4-5-12(16-11)8-2-3-10(14)9(13)6-8/h2-6H,1H3. The van der Waals surface area contributed by atoms with Crippen LogP contribution in [0.5, 0.6) is 0 Å². The number of halogens is 2. The molecule has 0 atom stereocenters. The van der Waals surface area contributed by atoms with Gasteiger partial charge in [-0.3, -0.25) is 4.79 Å². The van der Waals surface area contributed by atoms with Gasteiger partial charge in [0.05, 0.1) is 9.90 Å². The Balaban J connectivity index is 2.42. The average molecular weight is 316 g/mol. The van der Waals surface area contributed by atoms with Crippen LogP contribution < -0.4 is 0 Å². The summed E-state index contributed by atoms with van der Waals surface area (Å²) in [6, 6.07) is 9.55. The van der Waals surface area contributed by atoms with Gasteiger partial charge in [-0.2, -0.15) is 0 Å². The Morgan fingerprint density at radius 2 is 2.06 bits per heavy atom. The molecule has 0 radical (unpaired) electrons. The van der Waals surface area contributed by atoms with Gasteiger partial charge >= 0.3 is 0 Å². The van der Waals surface area contributed by atoms with Crippen molar-refractivity contribution in [1.82, 2.24) is 0 Å². The fourth-order valence-electron chi connectivity index (χ4n) is 1.33. The molecule has 0 saturated carbocycles. The lowest BCUT2D eigenvalue weighted by Crippen LogP contribution is -1.83. The summed E-state index contributed by atoms with van der Waals surface area (Å²) >= 11 is 10.8. The van der Waals surface area contributed by atoms with Crippen LogP contribution in [0.1, 0.15) is 16.6 Å². The summed E-state index contributed by atoms with van der Waals surface area (Å²) in [7, 11) is 0. The Hall–Kier alpha value is -0.640. The minimum Gasteiger partial charge on any atom is -0.294 e. The first-order valence-corrected chi connectivity index (χ1v) is 6.63. The highest BCUT2D eigenvalue weighted by Crippen LogP contribution is 2.32. The summed E-state index contributed by atoms with van der Waals surface area (Å²) in [4.78, 5) is 13.0. The Kier molecular flexibility index (Phi) is 3.47. The quantitative estimate of drug-likeness (QED) is 0.710. The molecule has 0 spiro atoms. The van der Waals surface area contributed by atoms with Crippen molar-refractivity contribution in [1.29, 1.82) is 0 Å². The van der Waals surface area contributed by atoms with E-state index in [9.17, 15) is 4.79 Å². The Labute approximate surface area is 111 Å². The molecule has 1 aromatic heterocycles. The normalized spacial score (nSPS) is 10.4. The average Bonchev–Trinajstić information content (AvgIpc) is 2.71. The lowest BCUT2D eigenvalue weighted by Gasteiger charge is -2.00. The first-order chi connectivity index (χ1) is 7.58. The van der Waals surface area contributed by atoms with Gasteiger partial charge in [0.15, 0.2) is 5.78 Å². The van der Waals surface area contributed by atoms with Crippen molar-refractivity contribution in [3.63, 3.8) is 0 Å². The molecule has 2 rings (SSSR count). The van der Waals surface area contributed by atoms with E-state index in [1.807, 2.05) is 30.3 Å². The largest absolute Gasteiger partial charge is 0.294 e. The third kappa shape index (κ3) is 2.37. The van der Waals surface area contributed by atoms with Gasteiger partial charge in [-0.1, -0.05) is 17.7 Å². The summed E-state index contributed by atoms with van der Waals surface area (Å²) in [6.45, 7) is 1.58. The molecule has 0 fully saturated rings. The molecule has 0 aliphatic heterocycles. The van der Waals surface area contributed by atoms with Gasteiger partial charge < -0.3 is 0 Å². The molecule has 1 nitrogen and oxygen atoms in total. The zero-order chi connectivity index (χ0) is 11.7. The Bertz CT molecular complexity index is 548. The van der Waals surface area contributed by atoms with Crippen LogP contribution in [-0.4, -0.2) is 5.78 Å². The number of benzene rings is 1. The van der Waals surface area contributed by atoms with Crippen molar-refractivity contribution in [2.75, 3.05) is 0 Å². The maximum atomic E-state index is 11.2. The second-order valence-corrected chi connectivity index (χ2v) is 5.69. The topological polar surface area (TPSA) is 17.1 Å². The molecular formula is C12H8BrClOS. The van der Waals surface area contributed by atoms with E-state index in [1.165, 1.54) is 11.3 Å². The van der Waals surface area contributed by atoms with Gasteiger partial charge in [-0.15, -0.1) is 11.3 Å². The van der Waals surface area contributed by atoms with E-state index in [-0.39, 0.29) is 5.78 Å². The van der Waals surface area contributed by atoms with Gasteiger partial charge in [0.2, 0.25) is 0 Å². The summed E-state index contributed by atoms with van der Waals surface area (Å²) in [5.41, 5.74) is 1.06. The predicted molar refractivity (Wildman–Crippen MR) is 72.5 cm³/mol. The highest BCUT2D eigenvalue weighted by molar-refractivity contribution is 9.10. The van der Waals surface area contributed by atoms with Crippen molar-refractivity contribution in [2.24, 2.45) is 0 Å². The lowest BCUT2D eigenvalue weighted by molar-refractivity contribution is 0.102. The number of hydrogen-bond acceptors (Lipinski definition) is 2. The molecule has 0 unspecified atom stereocenters. The summed E-state index contributed by atoms with van der Waals surface area (Å²) in [5.74, 6) is 0.101. The SMILES string of the molecule is CC(=O)c1ccc(-c2ccc(Cl)c(Br)c2)s1. The fourth-order valence-corrected chi connectivity index (χ4v) is 2.73. The summed E-state index contributed by atoms with van der Waals surface area (Å²) in [6.07, 6.45) is 0. The monoisotopic (exact) mass is 314 g/mol. The second-order valence-electron chi connectivity index (χ2n) is 3.35. The fraction of sp³-hybridized carbons (Fsp3) is 0.0833. The van der Waals surface area contributed by atoms with Gasteiger partial charge in [-0.25, -0.2) is 0 Å². The molecule has 82 valence electrons. The van der Waals surface area contributed by atoms with Crippen LogP contribution in [0.3, 0.4) is 0 Å². The van der Waals surface area contributed by atoms with E-state index in [2.05, 4.69) is 15.9 Å². The van der Waals surface area contributed by atoms with E-state index in [0.717, 1.165) is 19.8 Å². The van der Waals surface area contributed by atoms with E-state index in [1.54, 1.807) is 6.92 Å². The van der Waals surface area contributed by atoms with Crippen molar-refractivity contribution in [3.05, 3.63) is 44.7 Å². The molecule has 0 N–H and O–H groups in total. The highest BCUT2D eigenvalue weighted by Gasteiger charge is 2.07. The molecule has 16 heavy (non-hydrogen) atoms. The van der Waals surface area contributed by atoms with Gasteiger partial charge in [0, 0.05) is 9.35 Å². The van der Waals surface area contributed by atoms with Crippen molar-refractivity contribution in [2.45, 2.75) is 6.92 Å². The molecule has 0 aliphatic carbocycles. The Morgan fingerprint density at radius 3 is 2.62 bits per heavy atom. The number of Topliss-reactive ketones (excluding diaryl/α,β-unsaturated/α-hetero) is 1. The zero-order valence-corrected chi connectivity index (χ0v) is 11.6. The van der Waals surface area contributed by atoms with E-state index in [0.29, 0.717) is 5.02 Å². The van der Waals surface area contributed by atoms with Gasteiger partial charge in [0.1, 0.15) is 0 Å². The van der Waals surface area contributed by atoms with Crippen molar-refractivity contribution >= 4 is 44.7 Å². The van der Waals surface area contributed by atoms with Crippen LogP contribution in [-0.2, 0) is 0 Å². The van der Waals surface area contributed by atoms with Crippen LogP contribution in [0.25, 0.3) is 10.4 Å². The minimum atomic E-state index is 0.101. The van der Waals surface area contributed by atoms with E-state index < -0.39 is 0 Å². The second kappa shape index (κ2) is 4.70. The van der Waals surface area contributed by atoms with Crippen molar-refractivity contribution in [3.8, 4) is 10.4 Å². The predicted octanol–water partition coefficient (Wildman–Crippen LogP) is 5.03. The number of carbonyl (C=O) groups is 1. The smallest absolute Gasteiger partial charge is 0.169 e. The molecule has 2 aromatic rings. The van der Waals surface area contributed by atoms with E-state index >= 15 is 0 Å². The first-order valence-electron chi connectivity index (χ1n) is 4.64. The third-order valence-electron chi connectivity index (χ3n) is 2.16. The van der Waals surface area contributed by atoms with E-state index in [4.69, 9.17) is 11.6 Å². The van der Waals surface area contributed by atoms with Crippen LogP contribution in [0.15, 0.2) is 34.8 Å². The van der Waals surface area contributed by atoms with Crippen LogP contribution in [0.4, 0.5) is 0 Å². The van der Waals surface area contributed by atoms with Gasteiger partial charge in [0.25, 0.3) is 0 Å². The Morgan fingerprint density at radius 1 is 1.31 bits per heavy atom. The first kappa shape index (κ1) is 11.8. The molecule has 1 aromatic carbocycles. The molecular weight excluding hydrogens is 308 g/mol. The number of thiophene rings is 1. The molecule has 1 heterocycles. The maximum absolute atomic E-state index is 11.2. The van der Waals surface area contributed by atoms with Crippen molar-refractivity contribution < 1.29 is 4.79 Å². The molecule has 0 bridgehead atoms. The molecule has 0 aliphatic rings. The minimum absolute atomic E-state index is 0.101. The third-order valence-corrected chi connectivity index (χ3v) is 4.61. The lowest BCUT2D eigenvalue weighted by atomic mass is 10.2. The number of carbonyl (C=O) groups excluding carboxylic acids is 1. The summed E-state index contributed by atoms with van der Waals surface area (Å²) in [5, 5.41) is 0.687. The zero-order valence-electron chi connectivity index (χ0n) is 8.46. The van der Waals surface area contributed by atoms with Crippen LogP contribution in [0.2, 0.25) is 5.02 Å². The number of hydrogen-bond donors (Lipinski definition) is 0. The number of ketones is 1. The van der Waals surface area contributed by atoms with Crippen LogP contribution in [0, 0.1) is 0 Å². The van der Waals surface area contributed by atoms with Gasteiger partial charge in [-0.05, 0) is 52.7 Å².